The van der Waals surface area contributed by atoms with E-state index in [-0.39, 0.29) is 31.5 Å². The zero-order valence-corrected chi connectivity index (χ0v) is 48.3. The molecule has 6 N–H and O–H groups in total. The van der Waals surface area contributed by atoms with Crippen LogP contribution in [0, 0.1) is 29.1 Å². The summed E-state index contributed by atoms with van der Waals surface area (Å²) in [5.41, 5.74) is -2.76. The van der Waals surface area contributed by atoms with Crippen LogP contribution in [0.2, 0.25) is 0 Å². The quantitative estimate of drug-likeness (QED) is 0.0640. The zero-order chi connectivity index (χ0) is 55.2. The van der Waals surface area contributed by atoms with Gasteiger partial charge in [-0.3, -0.25) is 9.59 Å². The van der Waals surface area contributed by atoms with Crippen LogP contribution in [0.25, 0.3) is 10.4 Å². The second-order valence-corrected chi connectivity index (χ2v) is 23.3. The number of aliphatic hydroxyl groups is 4. The molecule has 74 heavy (non-hydrogen) atoms. The van der Waals surface area contributed by atoms with Crippen molar-refractivity contribution in [1.29, 1.82) is 5.41 Å². The Morgan fingerprint density at radius 3 is 2.20 bits per heavy atom. The summed E-state index contributed by atoms with van der Waals surface area (Å²) in [6.45, 7) is 14.8. The summed E-state index contributed by atoms with van der Waals surface area (Å²) < 4.78 is 69.3. The van der Waals surface area contributed by atoms with E-state index in [0.717, 1.165) is 10.4 Å². The van der Waals surface area contributed by atoms with Crippen molar-refractivity contribution in [3.8, 4) is 15.6 Å². The normalized spacial score (nSPS) is 38.7. The van der Waals surface area contributed by atoms with Crippen LogP contribution in [0.3, 0.4) is 0 Å². The number of benzene rings is 1. The number of aliphatic hydroxyl groups excluding tert-OH is 3. The topological polar surface area (TPSA) is 250 Å². The van der Waals surface area contributed by atoms with E-state index >= 15 is 0 Å². The van der Waals surface area contributed by atoms with Crippen molar-refractivity contribution < 1.29 is 77.0 Å². The van der Waals surface area contributed by atoms with E-state index in [1.165, 1.54) is 32.5 Å². The van der Waals surface area contributed by atoms with Gasteiger partial charge in [0.1, 0.15) is 30.6 Å². The number of methoxy groups -OCH3 is 4. The molecular formula is C52H82FIN4O15S. The first kappa shape index (κ1) is 62.3. The average molecular weight is 1180 g/mol. The standard InChI is InChI=1S/C52H82FIN4O15S/c1-26-22-50(7,67-13)44(29(4)42(71-38-23-51(8,68-14)45(65-11)31(6)70-38)30(5)46(63)73-48(54)52(9,64)43(62)28(3)39(26)55)72-47-41(61)35(21-27(2)69-47)58(10)20-19-37(59)57-34(24-53)40(60)33-17-15-32(16-18-33)36-25-56-49(66-12)74-36/h15-18,25-31,34-35,38,40-45,47-48,55,60-62,64H,19-24H2,1-14H3,(H,57,59)/t26-,27-,28+,29+,30-,31+,34-,35+,38+,40-,41-,42+,43-,44-,45+,47+,48+,50-,51-,52+/m1/s1. The number of carbonyl (C=O) groups is 2. The second kappa shape index (κ2) is 26.4. The van der Waals surface area contributed by atoms with E-state index in [9.17, 15) is 39.8 Å². The van der Waals surface area contributed by atoms with Gasteiger partial charge in [-0.05, 0) is 101 Å². The highest BCUT2D eigenvalue weighted by atomic mass is 127. The molecule has 1 aromatic heterocycles. The number of alkyl halides is 2. The van der Waals surface area contributed by atoms with Gasteiger partial charge < -0.3 is 78.7 Å². The van der Waals surface area contributed by atoms with Crippen molar-refractivity contribution in [2.75, 3.05) is 48.7 Å². The summed E-state index contributed by atoms with van der Waals surface area (Å²) in [5.74, 6) is -4.56. The fourth-order valence-electron chi connectivity index (χ4n) is 10.9. The highest BCUT2D eigenvalue weighted by Gasteiger charge is 2.54. The molecule has 1 amide bonds. The Balaban J connectivity index is 1.41. The summed E-state index contributed by atoms with van der Waals surface area (Å²) in [7, 11) is 7.95. The molecule has 0 unspecified atom stereocenters. The molecule has 3 fully saturated rings. The first-order valence-corrected chi connectivity index (χ1v) is 27.4. The number of nitrogens with one attached hydrogen (secondary N) is 2. The van der Waals surface area contributed by atoms with Gasteiger partial charge in [0.25, 0.3) is 5.19 Å². The van der Waals surface area contributed by atoms with Crippen LogP contribution < -0.4 is 10.1 Å². The predicted octanol–water partition coefficient (Wildman–Crippen LogP) is 5.61. The minimum absolute atomic E-state index is 0.0934. The lowest BCUT2D eigenvalue weighted by Gasteiger charge is -2.50. The van der Waals surface area contributed by atoms with Gasteiger partial charge in [-0.1, -0.05) is 56.4 Å². The van der Waals surface area contributed by atoms with Gasteiger partial charge in [-0.15, -0.1) is 0 Å². The molecule has 2 aromatic rings. The third-order valence-electron chi connectivity index (χ3n) is 15.6. The molecule has 0 radical (unpaired) electrons. The number of likely N-dealkylation sites (N-methyl/N-ethyl adjacent to an activating group) is 1. The number of nitrogens with zero attached hydrogens (tertiary/aromatic N) is 2. The fraction of sp³-hybridized carbons (Fsp3) is 0.769. The number of aromatic nitrogens is 1. The largest absolute Gasteiger partial charge is 0.473 e. The molecule has 22 heteroatoms. The Morgan fingerprint density at radius 1 is 0.986 bits per heavy atom. The van der Waals surface area contributed by atoms with Crippen LogP contribution in [0.5, 0.6) is 5.19 Å². The number of esters is 1. The van der Waals surface area contributed by atoms with Crippen LogP contribution in [-0.4, -0.2) is 185 Å². The van der Waals surface area contributed by atoms with Crippen LogP contribution in [-0.2, 0) is 47.5 Å². The van der Waals surface area contributed by atoms with Gasteiger partial charge in [0.2, 0.25) is 5.91 Å². The maximum absolute atomic E-state index is 14.5. The third kappa shape index (κ3) is 14.2. The van der Waals surface area contributed by atoms with Crippen LogP contribution in [0.1, 0.15) is 99.7 Å². The Kier molecular flexibility index (Phi) is 22.2. The highest BCUT2D eigenvalue weighted by molar-refractivity contribution is 14.1. The lowest BCUT2D eigenvalue weighted by molar-refractivity contribution is -0.320. The summed E-state index contributed by atoms with van der Waals surface area (Å²) in [4.78, 5) is 34.7. The summed E-state index contributed by atoms with van der Waals surface area (Å²) >= 11 is 3.14. The third-order valence-corrected chi connectivity index (χ3v) is 18.2. The van der Waals surface area contributed by atoms with Crippen LogP contribution in [0.15, 0.2) is 30.5 Å². The number of ether oxygens (including phenoxy) is 9. The maximum atomic E-state index is 14.5. The Bertz CT molecular complexity index is 2150. The molecule has 4 heterocycles. The molecular weight excluding hydrogens is 1100 g/mol. The van der Waals surface area contributed by atoms with Gasteiger partial charge >= 0.3 is 5.97 Å². The Morgan fingerprint density at radius 2 is 1.62 bits per heavy atom. The van der Waals surface area contributed by atoms with E-state index in [4.69, 9.17) is 42.6 Å². The van der Waals surface area contributed by atoms with Crippen molar-refractivity contribution in [3.05, 3.63) is 36.0 Å². The van der Waals surface area contributed by atoms with Gasteiger partial charge in [0, 0.05) is 70.5 Å². The lowest BCUT2D eigenvalue weighted by Crippen LogP contribution is -2.61. The van der Waals surface area contributed by atoms with Crippen molar-refractivity contribution in [3.63, 3.8) is 0 Å². The minimum atomic E-state index is -1.97. The molecule has 0 saturated carbocycles. The van der Waals surface area contributed by atoms with E-state index in [1.807, 2.05) is 46.4 Å². The lowest BCUT2D eigenvalue weighted by atomic mass is 9.74. The molecule has 1 aromatic carbocycles. The van der Waals surface area contributed by atoms with Crippen molar-refractivity contribution >= 4 is 51.5 Å². The second-order valence-electron chi connectivity index (χ2n) is 21.2. The highest BCUT2D eigenvalue weighted by Crippen LogP contribution is 2.43. The first-order chi connectivity index (χ1) is 34.7. The van der Waals surface area contributed by atoms with Crippen molar-refractivity contribution in [1.82, 2.24) is 15.2 Å². The molecule has 20 atom stereocenters. The molecule has 0 bridgehead atoms. The minimum Gasteiger partial charge on any atom is -0.473 e. The summed E-state index contributed by atoms with van der Waals surface area (Å²) in [5, 5.41) is 59.1. The summed E-state index contributed by atoms with van der Waals surface area (Å²) in [6.07, 6.45) is -7.66. The average Bonchev–Trinajstić information content (AvgIpc) is 3.86. The van der Waals surface area contributed by atoms with Gasteiger partial charge in [-0.2, -0.15) is 0 Å². The van der Waals surface area contributed by atoms with Gasteiger partial charge in [0.05, 0.1) is 65.7 Å². The van der Waals surface area contributed by atoms with Crippen molar-refractivity contribution in [2.45, 2.75) is 182 Å². The van der Waals surface area contributed by atoms with Gasteiger partial charge in [0.15, 0.2) is 16.7 Å². The van der Waals surface area contributed by atoms with E-state index in [2.05, 4.69) is 10.3 Å². The molecule has 19 nitrogen and oxygen atoms in total. The number of rotatable bonds is 17. The van der Waals surface area contributed by atoms with Crippen LogP contribution >= 0.6 is 33.9 Å². The SMILES string of the molecule is COc1ncc(-c2ccc([C@@H](O)[C@@H](CF)NC(=O)CCN(C)[C@H]3C[C@@H](C)O[C@@H](O[C@@H]4[C@@H](C)[C@H](O[C@H]5C[C@@](C)(OC)[C@@H](OC)[C@H](C)O5)[C@@H](C)C(=O)O[C@H](I)[C@@](C)(O)[C@H](O)[C@@H](C)C(=N)[C@H](C)C[C@@]4(C)OC)[C@@H]3O)cc2)s1. The molecule has 0 aliphatic carbocycles. The fourth-order valence-corrected chi connectivity index (χ4v) is 12.2. The number of halogens is 2. The monoisotopic (exact) mass is 1180 g/mol. The Labute approximate surface area is 453 Å². The number of carbonyl (C=O) groups excluding carboxylic acids is 2. The predicted molar refractivity (Wildman–Crippen MR) is 283 cm³/mol. The molecule has 3 saturated heterocycles. The molecule has 420 valence electrons. The number of hydrogen-bond acceptors (Lipinski definition) is 19. The molecule has 0 spiro atoms. The number of cyclic esters (lactones) is 1. The van der Waals surface area contributed by atoms with Gasteiger partial charge in [-0.25, -0.2) is 9.37 Å². The van der Waals surface area contributed by atoms with E-state index in [1.54, 1.807) is 88.2 Å². The molecule has 3 aliphatic rings. The van der Waals surface area contributed by atoms with Crippen molar-refractivity contribution in [2.24, 2.45) is 23.7 Å². The molecule has 5 rings (SSSR count). The van der Waals surface area contributed by atoms with E-state index < -0.39 is 137 Å². The number of hydrogen-bond donors (Lipinski definition) is 6. The van der Waals surface area contributed by atoms with E-state index in [0.29, 0.717) is 17.2 Å². The maximum Gasteiger partial charge on any atom is 0.312 e. The number of thiazole rings is 1. The Hall–Kier alpha value is -2.56. The van der Waals surface area contributed by atoms with Crippen LogP contribution in [0.4, 0.5) is 4.39 Å². The molecule has 3 aliphatic heterocycles. The zero-order valence-electron chi connectivity index (χ0n) is 45.3. The smallest absolute Gasteiger partial charge is 0.312 e. The summed E-state index contributed by atoms with van der Waals surface area (Å²) in [6, 6.07) is 5.08. The number of amides is 1. The first-order valence-electron chi connectivity index (χ1n) is 25.3.